The number of esters is 1. The maximum absolute atomic E-state index is 11.3. The monoisotopic (exact) mass is 265 g/mol. The minimum Gasteiger partial charge on any atom is -0.465 e. The molecule has 0 heterocycles. The van der Waals surface area contributed by atoms with Gasteiger partial charge in [-0.05, 0) is 23.6 Å². The molecule has 5 heteroatoms. The summed E-state index contributed by atoms with van der Waals surface area (Å²) in [6.45, 7) is 4.70. The molecule has 0 fully saturated rings. The van der Waals surface area contributed by atoms with E-state index in [-0.39, 0.29) is 5.97 Å². The lowest BCUT2D eigenvalue weighted by Crippen LogP contribution is -2.25. The number of amides is 1. The lowest BCUT2D eigenvalue weighted by Gasteiger charge is -2.09. The Labute approximate surface area is 112 Å². The molecule has 5 nitrogen and oxygen atoms in total. The van der Waals surface area contributed by atoms with Crippen LogP contribution in [0.15, 0.2) is 24.3 Å². The van der Waals surface area contributed by atoms with Crippen LogP contribution in [0.4, 0.5) is 4.79 Å². The first-order valence-electron chi connectivity index (χ1n) is 6.10. The molecule has 0 saturated carbocycles. The van der Waals surface area contributed by atoms with Crippen LogP contribution >= 0.6 is 0 Å². The molecule has 19 heavy (non-hydrogen) atoms. The maximum Gasteiger partial charge on any atom is 0.407 e. The summed E-state index contributed by atoms with van der Waals surface area (Å²) in [4.78, 5) is 22.6. The molecular formula is C14H19NO4. The molecule has 0 spiro atoms. The number of hydrogen-bond acceptors (Lipinski definition) is 4. The molecule has 0 aliphatic carbocycles. The molecular weight excluding hydrogens is 246 g/mol. The van der Waals surface area contributed by atoms with E-state index in [9.17, 15) is 9.59 Å². The van der Waals surface area contributed by atoms with Gasteiger partial charge in [0.05, 0.1) is 19.3 Å². The zero-order valence-corrected chi connectivity index (χ0v) is 11.4. The second kappa shape index (κ2) is 7.41. The molecule has 0 saturated heterocycles. The summed E-state index contributed by atoms with van der Waals surface area (Å²) in [6, 6.07) is 6.83. The van der Waals surface area contributed by atoms with E-state index in [2.05, 4.69) is 10.1 Å². The highest BCUT2D eigenvalue weighted by Gasteiger charge is 2.06. The van der Waals surface area contributed by atoms with Crippen molar-refractivity contribution in [2.24, 2.45) is 5.92 Å². The Morgan fingerprint density at radius 2 is 1.84 bits per heavy atom. The molecule has 0 aliphatic rings. The molecule has 0 aliphatic heterocycles. The van der Waals surface area contributed by atoms with Crippen LogP contribution in [0.1, 0.15) is 29.8 Å². The smallest absolute Gasteiger partial charge is 0.407 e. The molecule has 0 bridgehead atoms. The van der Waals surface area contributed by atoms with Crippen molar-refractivity contribution in [1.82, 2.24) is 5.32 Å². The summed E-state index contributed by atoms with van der Waals surface area (Å²) in [5.74, 6) is -0.0686. The van der Waals surface area contributed by atoms with Crippen molar-refractivity contribution in [3.63, 3.8) is 0 Å². The third-order valence-corrected chi connectivity index (χ3v) is 2.36. The van der Waals surface area contributed by atoms with Crippen LogP contribution < -0.4 is 5.32 Å². The zero-order valence-electron chi connectivity index (χ0n) is 11.4. The third kappa shape index (κ3) is 5.42. The van der Waals surface area contributed by atoms with Gasteiger partial charge in [0.25, 0.3) is 0 Å². The number of rotatable bonds is 5. The summed E-state index contributed by atoms with van der Waals surface area (Å²) in [5, 5.41) is 2.64. The van der Waals surface area contributed by atoms with E-state index in [1.54, 1.807) is 24.3 Å². The van der Waals surface area contributed by atoms with Crippen molar-refractivity contribution in [2.75, 3.05) is 13.7 Å². The van der Waals surface area contributed by atoms with E-state index < -0.39 is 6.09 Å². The van der Waals surface area contributed by atoms with Crippen molar-refractivity contribution in [3.05, 3.63) is 35.4 Å². The van der Waals surface area contributed by atoms with Gasteiger partial charge in [0.2, 0.25) is 0 Å². The largest absolute Gasteiger partial charge is 0.465 e. The maximum atomic E-state index is 11.3. The summed E-state index contributed by atoms with van der Waals surface area (Å²) in [5.41, 5.74) is 1.36. The lowest BCUT2D eigenvalue weighted by molar-refractivity contribution is 0.0600. The van der Waals surface area contributed by atoms with E-state index in [0.29, 0.717) is 24.6 Å². The standard InChI is InChI=1S/C14H19NO4/c1-10(2)9-19-14(17)15-8-11-4-6-12(7-5-11)13(16)18-3/h4-7,10H,8-9H2,1-3H3,(H,15,17). The van der Waals surface area contributed by atoms with Crippen LogP contribution in [0.5, 0.6) is 0 Å². The van der Waals surface area contributed by atoms with Gasteiger partial charge in [0, 0.05) is 6.54 Å². The number of methoxy groups -OCH3 is 1. The minimum absolute atomic E-state index is 0.310. The molecule has 1 N–H and O–H groups in total. The van der Waals surface area contributed by atoms with Crippen molar-refractivity contribution in [2.45, 2.75) is 20.4 Å². The fraction of sp³-hybridized carbons (Fsp3) is 0.429. The van der Waals surface area contributed by atoms with Crippen LogP contribution in [0.2, 0.25) is 0 Å². The van der Waals surface area contributed by atoms with E-state index in [4.69, 9.17) is 4.74 Å². The molecule has 0 aromatic heterocycles. The number of carbonyl (C=O) groups excluding carboxylic acids is 2. The number of alkyl carbamates (subject to hydrolysis) is 1. The van der Waals surface area contributed by atoms with E-state index in [1.807, 2.05) is 13.8 Å². The number of ether oxygens (including phenoxy) is 2. The summed E-state index contributed by atoms with van der Waals surface area (Å²) in [6.07, 6.45) is -0.439. The van der Waals surface area contributed by atoms with E-state index in [0.717, 1.165) is 5.56 Å². The Kier molecular flexibility index (Phi) is 5.85. The average Bonchev–Trinajstić information content (AvgIpc) is 2.42. The minimum atomic E-state index is -0.439. The normalized spacial score (nSPS) is 10.1. The van der Waals surface area contributed by atoms with Crippen molar-refractivity contribution >= 4 is 12.1 Å². The van der Waals surface area contributed by atoms with Gasteiger partial charge in [-0.1, -0.05) is 26.0 Å². The summed E-state index contributed by atoms with van der Waals surface area (Å²) >= 11 is 0. The molecule has 1 aromatic carbocycles. The molecule has 0 unspecified atom stereocenters. The predicted molar refractivity (Wildman–Crippen MR) is 70.8 cm³/mol. The summed E-state index contributed by atoms with van der Waals surface area (Å²) in [7, 11) is 1.34. The van der Waals surface area contributed by atoms with E-state index in [1.165, 1.54) is 7.11 Å². The molecule has 104 valence electrons. The first-order chi connectivity index (χ1) is 9.02. The lowest BCUT2D eigenvalue weighted by atomic mass is 10.1. The fourth-order valence-corrected chi connectivity index (χ4v) is 1.34. The topological polar surface area (TPSA) is 64.6 Å². The highest BCUT2D eigenvalue weighted by molar-refractivity contribution is 5.89. The van der Waals surface area contributed by atoms with Gasteiger partial charge >= 0.3 is 12.1 Å². The predicted octanol–water partition coefficient (Wildman–Crippen LogP) is 2.36. The Morgan fingerprint density at radius 1 is 1.21 bits per heavy atom. The van der Waals surface area contributed by atoms with Crippen LogP contribution in [-0.2, 0) is 16.0 Å². The zero-order chi connectivity index (χ0) is 14.3. The Balaban J connectivity index is 2.41. The fourth-order valence-electron chi connectivity index (χ4n) is 1.34. The second-order valence-electron chi connectivity index (χ2n) is 4.53. The van der Waals surface area contributed by atoms with Crippen molar-refractivity contribution in [1.29, 1.82) is 0 Å². The van der Waals surface area contributed by atoms with Crippen LogP contribution in [0.3, 0.4) is 0 Å². The molecule has 1 amide bonds. The van der Waals surface area contributed by atoms with Crippen LogP contribution in [0, 0.1) is 5.92 Å². The third-order valence-electron chi connectivity index (χ3n) is 2.36. The van der Waals surface area contributed by atoms with Crippen molar-refractivity contribution in [3.8, 4) is 0 Å². The van der Waals surface area contributed by atoms with Gasteiger partial charge in [0.1, 0.15) is 0 Å². The number of hydrogen-bond donors (Lipinski definition) is 1. The Morgan fingerprint density at radius 3 is 2.37 bits per heavy atom. The van der Waals surface area contributed by atoms with Gasteiger partial charge < -0.3 is 14.8 Å². The number of carbonyl (C=O) groups is 2. The summed E-state index contributed by atoms with van der Waals surface area (Å²) < 4.78 is 9.58. The molecule has 1 rings (SSSR count). The van der Waals surface area contributed by atoms with Crippen LogP contribution in [-0.4, -0.2) is 25.8 Å². The van der Waals surface area contributed by atoms with Crippen molar-refractivity contribution < 1.29 is 19.1 Å². The van der Waals surface area contributed by atoms with Gasteiger partial charge in [-0.2, -0.15) is 0 Å². The SMILES string of the molecule is COC(=O)c1ccc(CNC(=O)OCC(C)C)cc1. The highest BCUT2D eigenvalue weighted by atomic mass is 16.5. The highest BCUT2D eigenvalue weighted by Crippen LogP contribution is 2.05. The second-order valence-corrected chi connectivity index (χ2v) is 4.53. The average molecular weight is 265 g/mol. The van der Waals surface area contributed by atoms with Gasteiger partial charge in [-0.3, -0.25) is 0 Å². The molecule has 1 aromatic rings. The van der Waals surface area contributed by atoms with Crippen LogP contribution in [0.25, 0.3) is 0 Å². The Bertz CT molecular complexity index is 426. The van der Waals surface area contributed by atoms with Gasteiger partial charge in [-0.25, -0.2) is 9.59 Å². The Hall–Kier alpha value is -2.04. The molecule has 0 atom stereocenters. The number of benzene rings is 1. The van der Waals surface area contributed by atoms with Gasteiger partial charge in [0.15, 0.2) is 0 Å². The van der Waals surface area contributed by atoms with Gasteiger partial charge in [-0.15, -0.1) is 0 Å². The van der Waals surface area contributed by atoms with E-state index >= 15 is 0 Å². The molecule has 0 radical (unpaired) electrons. The first-order valence-corrected chi connectivity index (χ1v) is 6.10. The quantitative estimate of drug-likeness (QED) is 0.830. The number of nitrogens with one attached hydrogen (secondary N) is 1. The first kappa shape index (κ1) is 15.0.